The van der Waals surface area contributed by atoms with Gasteiger partial charge in [-0.25, -0.2) is 4.79 Å². The number of rotatable bonds is 4. The fourth-order valence-corrected chi connectivity index (χ4v) is 1.97. The third-order valence-electron chi connectivity index (χ3n) is 3.06. The highest BCUT2D eigenvalue weighted by atomic mass is 16.6. The molecule has 22 heavy (non-hydrogen) atoms. The van der Waals surface area contributed by atoms with Crippen molar-refractivity contribution in [3.8, 4) is 0 Å². The van der Waals surface area contributed by atoms with Gasteiger partial charge in [-0.1, -0.05) is 12.1 Å². The average molecular weight is 300 g/mol. The van der Waals surface area contributed by atoms with E-state index in [-0.39, 0.29) is 22.5 Å². The highest BCUT2D eigenvalue weighted by molar-refractivity contribution is 6.07. The van der Waals surface area contributed by atoms with Crippen molar-refractivity contribution in [1.82, 2.24) is 0 Å². The van der Waals surface area contributed by atoms with Gasteiger partial charge in [0.05, 0.1) is 16.2 Å². The predicted molar refractivity (Wildman–Crippen MR) is 79.2 cm³/mol. The van der Waals surface area contributed by atoms with Crippen LogP contribution in [0.1, 0.15) is 26.3 Å². The minimum atomic E-state index is -1.16. The zero-order chi connectivity index (χ0) is 16.3. The molecule has 0 heterocycles. The molecule has 2 rings (SSSR count). The number of nitro benzene ring substituents is 1. The Morgan fingerprint density at radius 2 is 1.86 bits per heavy atom. The summed E-state index contributed by atoms with van der Waals surface area (Å²) < 4.78 is 0. The molecule has 2 N–H and O–H groups in total. The largest absolute Gasteiger partial charge is 0.478 e. The first-order chi connectivity index (χ1) is 10.4. The molecule has 7 heteroatoms. The average Bonchev–Trinajstić information content (AvgIpc) is 2.47. The normalized spacial score (nSPS) is 10.0. The number of hydrogen-bond donors (Lipinski definition) is 2. The second-order valence-corrected chi connectivity index (χ2v) is 4.56. The first-order valence-electron chi connectivity index (χ1n) is 6.29. The zero-order valence-corrected chi connectivity index (χ0v) is 11.6. The predicted octanol–water partition coefficient (Wildman–Crippen LogP) is 2.85. The van der Waals surface area contributed by atoms with Crippen LogP contribution in [0.15, 0.2) is 42.5 Å². The van der Waals surface area contributed by atoms with Gasteiger partial charge >= 0.3 is 5.97 Å². The summed E-state index contributed by atoms with van der Waals surface area (Å²) in [6.07, 6.45) is 0. The van der Waals surface area contributed by atoms with E-state index in [1.807, 2.05) is 0 Å². The number of anilines is 1. The van der Waals surface area contributed by atoms with E-state index < -0.39 is 16.8 Å². The monoisotopic (exact) mass is 300 g/mol. The number of carboxylic acid groups (broad SMARTS) is 1. The van der Waals surface area contributed by atoms with Crippen molar-refractivity contribution in [3.05, 3.63) is 69.3 Å². The topological polar surface area (TPSA) is 110 Å². The molecule has 1 amide bonds. The molecule has 2 aromatic rings. The first-order valence-corrected chi connectivity index (χ1v) is 6.29. The Labute approximate surface area is 125 Å². The third-order valence-corrected chi connectivity index (χ3v) is 3.06. The number of nitro groups is 1. The van der Waals surface area contributed by atoms with E-state index in [0.29, 0.717) is 5.56 Å². The molecule has 7 nitrogen and oxygen atoms in total. The fraction of sp³-hybridized carbons (Fsp3) is 0.0667. The molecule has 0 radical (unpaired) electrons. The van der Waals surface area contributed by atoms with E-state index in [1.54, 1.807) is 12.1 Å². The van der Waals surface area contributed by atoms with Crippen LogP contribution in [-0.4, -0.2) is 21.9 Å². The lowest BCUT2D eigenvalue weighted by atomic mass is 10.1. The molecule has 0 fully saturated rings. The van der Waals surface area contributed by atoms with Crippen LogP contribution >= 0.6 is 0 Å². The Bertz CT molecular complexity index is 770. The van der Waals surface area contributed by atoms with Crippen LogP contribution in [0.2, 0.25) is 0 Å². The fourth-order valence-electron chi connectivity index (χ4n) is 1.97. The van der Waals surface area contributed by atoms with E-state index in [0.717, 1.165) is 0 Å². The molecule has 0 bridgehead atoms. The second-order valence-electron chi connectivity index (χ2n) is 4.56. The molecule has 0 aliphatic rings. The molecule has 0 aromatic heterocycles. The van der Waals surface area contributed by atoms with E-state index in [1.165, 1.54) is 37.3 Å². The van der Waals surface area contributed by atoms with Crippen molar-refractivity contribution in [2.45, 2.75) is 6.92 Å². The van der Waals surface area contributed by atoms with Crippen LogP contribution < -0.4 is 5.32 Å². The molecule has 0 unspecified atom stereocenters. The van der Waals surface area contributed by atoms with Gasteiger partial charge in [0, 0.05) is 17.2 Å². The van der Waals surface area contributed by atoms with Gasteiger partial charge < -0.3 is 10.4 Å². The number of aryl methyl sites for hydroxylation is 1. The smallest absolute Gasteiger partial charge is 0.337 e. The standard InChI is InChI=1S/C15H12N2O5/c1-9-8-10(6-7-13(9)17(21)22)14(18)16-12-5-3-2-4-11(12)15(19)20/h2-8H,1H3,(H,16,18)(H,19,20). The first kappa shape index (κ1) is 15.2. The number of amides is 1. The lowest BCUT2D eigenvalue weighted by Gasteiger charge is -2.08. The van der Waals surface area contributed by atoms with Crippen LogP contribution in [0, 0.1) is 17.0 Å². The molecule has 0 aliphatic carbocycles. The van der Waals surface area contributed by atoms with Crippen molar-refractivity contribution >= 4 is 23.3 Å². The van der Waals surface area contributed by atoms with E-state index >= 15 is 0 Å². The van der Waals surface area contributed by atoms with Gasteiger partial charge in [0.1, 0.15) is 0 Å². The summed E-state index contributed by atoms with van der Waals surface area (Å²) in [6, 6.07) is 9.95. The number of carbonyl (C=O) groups is 2. The van der Waals surface area contributed by atoms with E-state index in [9.17, 15) is 19.7 Å². The number of carbonyl (C=O) groups excluding carboxylic acids is 1. The molecule has 0 saturated heterocycles. The summed E-state index contributed by atoms with van der Waals surface area (Å²) in [5, 5.41) is 22.3. The van der Waals surface area contributed by atoms with Gasteiger partial charge in [0.25, 0.3) is 11.6 Å². The molecular formula is C15H12N2O5. The summed E-state index contributed by atoms with van der Waals surface area (Å²) in [6.45, 7) is 1.53. The van der Waals surface area contributed by atoms with Crippen LogP contribution in [0.3, 0.4) is 0 Å². The van der Waals surface area contributed by atoms with E-state index in [4.69, 9.17) is 5.11 Å². The third kappa shape index (κ3) is 3.09. The number of aromatic carboxylic acids is 1. The highest BCUT2D eigenvalue weighted by Gasteiger charge is 2.16. The molecule has 0 atom stereocenters. The Balaban J connectivity index is 2.29. The van der Waals surface area contributed by atoms with Crippen molar-refractivity contribution in [3.63, 3.8) is 0 Å². The highest BCUT2D eigenvalue weighted by Crippen LogP contribution is 2.21. The minimum Gasteiger partial charge on any atom is -0.478 e. The van der Waals surface area contributed by atoms with Gasteiger partial charge in [-0.05, 0) is 31.2 Å². The van der Waals surface area contributed by atoms with Gasteiger partial charge in [-0.15, -0.1) is 0 Å². The van der Waals surface area contributed by atoms with Gasteiger partial charge in [0.15, 0.2) is 0 Å². The number of para-hydroxylation sites is 1. The number of benzene rings is 2. The number of nitrogens with one attached hydrogen (secondary N) is 1. The quantitative estimate of drug-likeness (QED) is 0.666. The van der Waals surface area contributed by atoms with E-state index in [2.05, 4.69) is 5.32 Å². The Morgan fingerprint density at radius 1 is 1.18 bits per heavy atom. The lowest BCUT2D eigenvalue weighted by molar-refractivity contribution is -0.385. The molecule has 0 saturated carbocycles. The van der Waals surface area contributed by atoms with Crippen molar-refractivity contribution in [1.29, 1.82) is 0 Å². The summed E-state index contributed by atoms with van der Waals surface area (Å²) in [7, 11) is 0. The van der Waals surface area contributed by atoms with Gasteiger partial charge in [-0.2, -0.15) is 0 Å². The maximum absolute atomic E-state index is 12.1. The minimum absolute atomic E-state index is 0.0329. The summed E-state index contributed by atoms with van der Waals surface area (Å²) in [4.78, 5) is 33.5. The second kappa shape index (κ2) is 6.04. The number of nitrogens with zero attached hydrogens (tertiary/aromatic N) is 1. The molecule has 112 valence electrons. The number of carboxylic acids is 1. The lowest BCUT2D eigenvalue weighted by Crippen LogP contribution is -2.15. The van der Waals surface area contributed by atoms with Crippen molar-refractivity contribution in [2.75, 3.05) is 5.32 Å². The van der Waals surface area contributed by atoms with Crippen LogP contribution in [0.25, 0.3) is 0 Å². The Kier molecular flexibility index (Phi) is 4.17. The van der Waals surface area contributed by atoms with Crippen molar-refractivity contribution < 1.29 is 19.6 Å². The maximum atomic E-state index is 12.1. The molecule has 0 aliphatic heterocycles. The van der Waals surface area contributed by atoms with Crippen LogP contribution in [0.4, 0.5) is 11.4 Å². The Morgan fingerprint density at radius 3 is 2.45 bits per heavy atom. The van der Waals surface area contributed by atoms with Crippen LogP contribution in [-0.2, 0) is 0 Å². The number of hydrogen-bond acceptors (Lipinski definition) is 4. The molecular weight excluding hydrogens is 288 g/mol. The van der Waals surface area contributed by atoms with Gasteiger partial charge in [-0.3, -0.25) is 14.9 Å². The van der Waals surface area contributed by atoms with Crippen LogP contribution in [0.5, 0.6) is 0 Å². The van der Waals surface area contributed by atoms with Gasteiger partial charge in [0.2, 0.25) is 0 Å². The summed E-state index contributed by atoms with van der Waals surface area (Å²) >= 11 is 0. The molecule has 0 spiro atoms. The Hall–Kier alpha value is -3.22. The van der Waals surface area contributed by atoms with Crippen molar-refractivity contribution in [2.24, 2.45) is 0 Å². The summed E-state index contributed by atoms with van der Waals surface area (Å²) in [5.74, 6) is -1.69. The molecule has 2 aromatic carbocycles. The summed E-state index contributed by atoms with van der Waals surface area (Å²) in [5.41, 5.74) is 0.612. The maximum Gasteiger partial charge on any atom is 0.337 e. The SMILES string of the molecule is Cc1cc(C(=O)Nc2ccccc2C(=O)O)ccc1[N+](=O)[O-]. The zero-order valence-electron chi connectivity index (χ0n) is 11.6.